The van der Waals surface area contributed by atoms with E-state index in [9.17, 15) is 55.2 Å². The predicted molar refractivity (Wildman–Crippen MR) is 151 cm³/mol. The monoisotopic (exact) mass is 699 g/mol. The van der Waals surface area contributed by atoms with Crippen LogP contribution >= 0.6 is 0 Å². The van der Waals surface area contributed by atoms with Gasteiger partial charge < -0.3 is 90.0 Å². The summed E-state index contributed by atoms with van der Waals surface area (Å²) in [5.41, 5.74) is 0. The summed E-state index contributed by atoms with van der Waals surface area (Å²) in [4.78, 5) is 34.0. The summed E-state index contributed by atoms with van der Waals surface area (Å²) in [6.45, 7) is 3.66. The molecule has 0 aromatic rings. The van der Waals surface area contributed by atoms with Crippen molar-refractivity contribution < 1.29 is 88.4 Å². The highest BCUT2D eigenvalue weighted by atomic mass is 16.8. The molecule has 4 rings (SSSR count). The van der Waals surface area contributed by atoms with E-state index < -0.39 is 129 Å². The molecule has 4 fully saturated rings. The van der Waals surface area contributed by atoms with Crippen LogP contribution in [0.15, 0.2) is 0 Å². The van der Waals surface area contributed by atoms with Crippen LogP contribution in [-0.4, -0.2) is 189 Å². The highest BCUT2D eigenvalue weighted by Crippen LogP contribution is 2.34. The van der Waals surface area contributed by atoms with Crippen molar-refractivity contribution in [1.29, 1.82) is 0 Å². The first-order valence-electron chi connectivity index (χ1n) is 15.3. The fourth-order valence-corrected chi connectivity index (χ4v) is 6.32. The Labute approximate surface area is 273 Å². The number of nitrogens with one attached hydrogen (secondary N) is 3. The molecule has 0 radical (unpaired) electrons. The Balaban J connectivity index is 1.61. The standard InChI is InChI=1S/C27H45N3O18/c1-8-12(28-5-32)16(36)22(24(41)42-8)47-26-20(40)21(14(30-7-34)10(3)43-26)46-27-23(17(37)13(29-6-33)9(2)44-27)48-25-19(39)18(38)15(35)11(4-31)45-25/h5-27,31,35-41H,4H2,1-3H3,(H,28,32)(H,29,33)(H,30,34)/t8-,9-,10-,11-,12-,13-,14-,15-,16+,17+,18+,19+,20+,21+,22+,23+,24+,25-,26-,27-/m1/s1. The lowest BCUT2D eigenvalue weighted by Crippen LogP contribution is -2.69. The van der Waals surface area contributed by atoms with Crippen molar-refractivity contribution in [3.63, 3.8) is 0 Å². The number of aliphatic hydroxyl groups excluding tert-OH is 8. The summed E-state index contributed by atoms with van der Waals surface area (Å²) in [5, 5.41) is 92.0. The molecule has 0 aromatic heterocycles. The Morgan fingerprint density at radius 3 is 1.56 bits per heavy atom. The predicted octanol–water partition coefficient (Wildman–Crippen LogP) is -7.40. The van der Waals surface area contributed by atoms with E-state index in [1.54, 1.807) is 0 Å². The van der Waals surface area contributed by atoms with E-state index in [1.165, 1.54) is 20.8 Å². The van der Waals surface area contributed by atoms with Gasteiger partial charge in [-0.25, -0.2) is 0 Å². The number of rotatable bonds is 13. The van der Waals surface area contributed by atoms with E-state index in [0.29, 0.717) is 19.2 Å². The van der Waals surface area contributed by atoms with Gasteiger partial charge in [-0.15, -0.1) is 0 Å². The molecule has 21 heteroatoms. The number of ether oxygens (including phenoxy) is 7. The minimum absolute atomic E-state index is 0.295. The van der Waals surface area contributed by atoms with Crippen molar-refractivity contribution in [2.24, 2.45) is 0 Å². The number of aliphatic hydroxyl groups is 8. The Hall–Kier alpha value is -2.19. The number of carbonyl (C=O) groups excluding carboxylic acids is 3. The SMILES string of the molecule is C[C@H]1O[C@H](O[C@@H]2[C@H](O)[C@@H](O[C@H]3[C@@H](O)[C@H](NC=O)[C@@H](C)O[C@@H]3O)O[C@H](C)[C@H]2NC=O)[C@@H](O[C@H]2O[C@H](CO)[C@@H](O)[C@H](O)[C@@H]2O)[C@@H](O)[C@@H]1NC=O. The first-order chi connectivity index (χ1) is 22.8. The summed E-state index contributed by atoms with van der Waals surface area (Å²) in [7, 11) is 0. The molecule has 4 heterocycles. The molecular formula is C27H45N3O18. The second-order valence-corrected chi connectivity index (χ2v) is 12.1. The largest absolute Gasteiger partial charge is 0.394 e. The average Bonchev–Trinajstić information content (AvgIpc) is 3.04. The maximum absolute atomic E-state index is 11.6. The van der Waals surface area contributed by atoms with Crippen LogP contribution in [0.5, 0.6) is 0 Å². The van der Waals surface area contributed by atoms with Gasteiger partial charge >= 0.3 is 0 Å². The van der Waals surface area contributed by atoms with Crippen LogP contribution in [0.3, 0.4) is 0 Å². The molecule has 20 atom stereocenters. The Kier molecular flexibility index (Phi) is 13.4. The van der Waals surface area contributed by atoms with Crippen LogP contribution in [0.4, 0.5) is 0 Å². The minimum Gasteiger partial charge on any atom is -0.394 e. The van der Waals surface area contributed by atoms with Gasteiger partial charge in [-0.1, -0.05) is 0 Å². The summed E-state index contributed by atoms with van der Waals surface area (Å²) < 4.78 is 40.2. The fraction of sp³-hybridized carbons (Fsp3) is 0.889. The maximum Gasteiger partial charge on any atom is 0.207 e. The normalized spacial score (nSPS) is 49.8. The quantitative estimate of drug-likeness (QED) is 0.0795. The molecule has 4 saturated heterocycles. The summed E-state index contributed by atoms with van der Waals surface area (Å²) in [6, 6.07) is -3.27. The summed E-state index contributed by atoms with van der Waals surface area (Å²) in [6.07, 6.45) is -25.4. The second kappa shape index (κ2) is 16.7. The molecule has 4 aliphatic heterocycles. The van der Waals surface area contributed by atoms with Crippen LogP contribution in [0.25, 0.3) is 0 Å². The third-order valence-corrected chi connectivity index (χ3v) is 9.00. The van der Waals surface area contributed by atoms with Crippen LogP contribution in [-0.2, 0) is 47.5 Å². The summed E-state index contributed by atoms with van der Waals surface area (Å²) in [5.74, 6) is 0. The molecule has 0 saturated carbocycles. The molecule has 48 heavy (non-hydrogen) atoms. The molecule has 11 N–H and O–H groups in total. The molecule has 0 aliphatic carbocycles. The summed E-state index contributed by atoms with van der Waals surface area (Å²) >= 11 is 0. The van der Waals surface area contributed by atoms with E-state index in [4.69, 9.17) is 33.2 Å². The molecule has 0 aromatic carbocycles. The zero-order valence-electron chi connectivity index (χ0n) is 26.1. The van der Waals surface area contributed by atoms with Crippen LogP contribution < -0.4 is 16.0 Å². The van der Waals surface area contributed by atoms with Gasteiger partial charge in [0.2, 0.25) is 19.2 Å². The van der Waals surface area contributed by atoms with Crippen LogP contribution in [0.1, 0.15) is 20.8 Å². The molecular weight excluding hydrogens is 654 g/mol. The van der Waals surface area contributed by atoms with Crippen molar-refractivity contribution in [2.45, 2.75) is 143 Å². The fourth-order valence-electron chi connectivity index (χ4n) is 6.32. The van der Waals surface area contributed by atoms with Crippen LogP contribution in [0, 0.1) is 0 Å². The van der Waals surface area contributed by atoms with Crippen molar-refractivity contribution in [3.8, 4) is 0 Å². The number of amides is 3. The van der Waals surface area contributed by atoms with Gasteiger partial charge in [-0.05, 0) is 20.8 Å². The van der Waals surface area contributed by atoms with Crippen molar-refractivity contribution in [3.05, 3.63) is 0 Å². The first kappa shape index (κ1) is 38.6. The van der Waals surface area contributed by atoms with E-state index in [0.717, 1.165) is 0 Å². The lowest BCUT2D eigenvalue weighted by molar-refractivity contribution is -0.379. The molecule has 0 unspecified atom stereocenters. The zero-order valence-corrected chi connectivity index (χ0v) is 26.1. The average molecular weight is 700 g/mol. The lowest BCUT2D eigenvalue weighted by atomic mass is 9.94. The number of hydrogen-bond acceptors (Lipinski definition) is 18. The van der Waals surface area contributed by atoms with Crippen molar-refractivity contribution in [2.75, 3.05) is 6.61 Å². The van der Waals surface area contributed by atoms with E-state index in [2.05, 4.69) is 16.0 Å². The topological polar surface area (TPSA) is 314 Å². The second-order valence-electron chi connectivity index (χ2n) is 12.1. The first-order valence-corrected chi connectivity index (χ1v) is 15.3. The van der Waals surface area contributed by atoms with Gasteiger partial charge in [0.1, 0.15) is 61.0 Å². The number of carbonyl (C=O) groups is 3. The Morgan fingerprint density at radius 2 is 0.979 bits per heavy atom. The van der Waals surface area contributed by atoms with Crippen molar-refractivity contribution in [1.82, 2.24) is 16.0 Å². The molecule has 0 bridgehead atoms. The van der Waals surface area contributed by atoms with E-state index >= 15 is 0 Å². The van der Waals surface area contributed by atoms with E-state index in [1.807, 2.05) is 0 Å². The zero-order chi connectivity index (χ0) is 35.4. The minimum atomic E-state index is -1.90. The third kappa shape index (κ3) is 7.90. The smallest absolute Gasteiger partial charge is 0.207 e. The Morgan fingerprint density at radius 1 is 0.521 bits per heavy atom. The highest BCUT2D eigenvalue weighted by molar-refractivity contribution is 5.48. The van der Waals surface area contributed by atoms with Gasteiger partial charge in [0.25, 0.3) is 0 Å². The van der Waals surface area contributed by atoms with Gasteiger partial charge in [0.05, 0.1) is 43.0 Å². The van der Waals surface area contributed by atoms with Gasteiger partial charge in [-0.3, -0.25) is 14.4 Å². The van der Waals surface area contributed by atoms with Crippen molar-refractivity contribution >= 4 is 19.2 Å². The molecule has 21 nitrogen and oxygen atoms in total. The van der Waals surface area contributed by atoms with Gasteiger partial charge in [0.15, 0.2) is 25.2 Å². The van der Waals surface area contributed by atoms with E-state index in [-0.39, 0.29) is 0 Å². The van der Waals surface area contributed by atoms with Gasteiger partial charge in [0, 0.05) is 0 Å². The number of hydrogen-bond donors (Lipinski definition) is 11. The molecule has 3 amide bonds. The molecule has 0 spiro atoms. The molecule has 276 valence electrons. The van der Waals surface area contributed by atoms with Crippen LogP contribution in [0.2, 0.25) is 0 Å². The maximum atomic E-state index is 11.6. The third-order valence-electron chi connectivity index (χ3n) is 9.00. The molecule has 4 aliphatic rings. The highest BCUT2D eigenvalue weighted by Gasteiger charge is 2.55. The lowest BCUT2D eigenvalue weighted by Gasteiger charge is -2.50. The van der Waals surface area contributed by atoms with Gasteiger partial charge in [-0.2, -0.15) is 0 Å². The Bertz CT molecular complexity index is 1060.